The molecule has 1 aromatic carbocycles. The molecule has 2 aromatic heterocycles. The summed E-state index contributed by atoms with van der Waals surface area (Å²) in [6.45, 7) is 2.87. The maximum absolute atomic E-state index is 5.99. The van der Waals surface area contributed by atoms with Crippen LogP contribution < -0.4 is 5.32 Å². The highest BCUT2D eigenvalue weighted by atomic mass is 35.5. The summed E-state index contributed by atoms with van der Waals surface area (Å²) in [5.74, 6) is 0. The molecule has 0 amide bonds. The van der Waals surface area contributed by atoms with E-state index in [0.717, 1.165) is 34.6 Å². The fourth-order valence-electron chi connectivity index (χ4n) is 2.04. The minimum absolute atomic E-state index is 0.703. The van der Waals surface area contributed by atoms with Gasteiger partial charge in [-0.2, -0.15) is 0 Å². The molecule has 102 valence electrons. The van der Waals surface area contributed by atoms with E-state index < -0.39 is 0 Å². The molecule has 3 nitrogen and oxygen atoms in total. The Labute approximate surface area is 126 Å². The van der Waals surface area contributed by atoms with E-state index in [1.807, 2.05) is 30.5 Å². The second-order valence-corrected chi connectivity index (χ2v) is 6.08. The van der Waals surface area contributed by atoms with Gasteiger partial charge in [-0.15, -0.1) is 11.3 Å². The van der Waals surface area contributed by atoms with Crippen LogP contribution >= 0.6 is 22.9 Å². The molecule has 0 bridgehead atoms. The Morgan fingerprint density at radius 1 is 1.25 bits per heavy atom. The van der Waals surface area contributed by atoms with E-state index >= 15 is 0 Å². The number of aromatic nitrogens is 2. The summed E-state index contributed by atoms with van der Waals surface area (Å²) < 4.78 is 0. The van der Waals surface area contributed by atoms with Crippen molar-refractivity contribution in [3.05, 3.63) is 51.6 Å². The highest BCUT2D eigenvalue weighted by Crippen LogP contribution is 2.25. The van der Waals surface area contributed by atoms with Gasteiger partial charge in [0, 0.05) is 33.4 Å². The topological polar surface area (TPSA) is 37.8 Å². The van der Waals surface area contributed by atoms with Gasteiger partial charge >= 0.3 is 0 Å². The summed E-state index contributed by atoms with van der Waals surface area (Å²) >= 11 is 7.74. The zero-order valence-electron chi connectivity index (χ0n) is 11.1. The number of rotatable bonds is 4. The number of benzene rings is 1. The van der Waals surface area contributed by atoms with Gasteiger partial charge in [0.25, 0.3) is 0 Å². The van der Waals surface area contributed by atoms with Gasteiger partial charge in [-0.1, -0.05) is 18.5 Å². The highest BCUT2D eigenvalue weighted by molar-refractivity contribution is 7.11. The van der Waals surface area contributed by atoms with Crippen molar-refractivity contribution in [2.75, 3.05) is 5.32 Å². The first-order valence-corrected chi connectivity index (χ1v) is 7.67. The summed E-state index contributed by atoms with van der Waals surface area (Å²) in [4.78, 5) is 10.1. The van der Waals surface area contributed by atoms with Gasteiger partial charge in [0.1, 0.15) is 5.01 Å². The van der Waals surface area contributed by atoms with Gasteiger partial charge in [0.2, 0.25) is 0 Å². The molecule has 0 spiro atoms. The van der Waals surface area contributed by atoms with E-state index in [0.29, 0.717) is 5.02 Å². The molecule has 5 heteroatoms. The normalized spacial score (nSPS) is 10.9. The second-order valence-electron chi connectivity index (χ2n) is 4.45. The van der Waals surface area contributed by atoms with Crippen molar-refractivity contribution in [3.8, 4) is 0 Å². The van der Waals surface area contributed by atoms with E-state index in [2.05, 4.69) is 22.2 Å². The molecule has 0 saturated carbocycles. The zero-order chi connectivity index (χ0) is 13.9. The third-order valence-corrected chi connectivity index (χ3v) is 4.46. The van der Waals surface area contributed by atoms with Crippen LogP contribution in [-0.4, -0.2) is 9.97 Å². The predicted molar refractivity (Wildman–Crippen MR) is 85.6 cm³/mol. The van der Waals surface area contributed by atoms with Crippen LogP contribution in [0.15, 0.2) is 36.7 Å². The lowest BCUT2D eigenvalue weighted by Gasteiger charge is -2.08. The minimum Gasteiger partial charge on any atom is -0.378 e. The number of halogens is 1. The molecular formula is C15H14ClN3S. The van der Waals surface area contributed by atoms with Crippen LogP contribution in [0.1, 0.15) is 16.8 Å². The van der Waals surface area contributed by atoms with E-state index in [-0.39, 0.29) is 0 Å². The summed E-state index contributed by atoms with van der Waals surface area (Å²) in [6, 6.07) is 7.73. The first kappa shape index (κ1) is 13.3. The third-order valence-electron chi connectivity index (χ3n) is 3.08. The maximum atomic E-state index is 5.99. The van der Waals surface area contributed by atoms with E-state index in [4.69, 9.17) is 11.6 Å². The molecular weight excluding hydrogens is 290 g/mol. The van der Waals surface area contributed by atoms with Gasteiger partial charge in [-0.25, -0.2) is 4.98 Å². The predicted octanol–water partition coefficient (Wildman–Crippen LogP) is 4.52. The fraction of sp³-hybridized carbons (Fsp3) is 0.200. The van der Waals surface area contributed by atoms with E-state index in [9.17, 15) is 0 Å². The zero-order valence-corrected chi connectivity index (χ0v) is 12.6. The lowest BCUT2D eigenvalue weighted by Crippen LogP contribution is -1.99. The summed E-state index contributed by atoms with van der Waals surface area (Å²) in [7, 11) is 0. The van der Waals surface area contributed by atoms with Crippen LogP contribution in [0, 0.1) is 0 Å². The van der Waals surface area contributed by atoms with Crippen LogP contribution in [0.4, 0.5) is 5.69 Å². The molecule has 0 aliphatic rings. The van der Waals surface area contributed by atoms with Gasteiger partial charge in [-0.3, -0.25) is 4.98 Å². The fourth-order valence-corrected chi connectivity index (χ4v) is 3.01. The number of anilines is 1. The minimum atomic E-state index is 0.703. The average molecular weight is 304 g/mol. The number of nitrogens with one attached hydrogen (secondary N) is 1. The van der Waals surface area contributed by atoms with Crippen molar-refractivity contribution < 1.29 is 0 Å². The molecule has 0 saturated heterocycles. The van der Waals surface area contributed by atoms with Crippen molar-refractivity contribution in [1.82, 2.24) is 9.97 Å². The van der Waals surface area contributed by atoms with Gasteiger partial charge in [0.15, 0.2) is 0 Å². The summed E-state index contributed by atoms with van der Waals surface area (Å²) in [6.07, 6.45) is 4.78. The molecule has 0 aliphatic carbocycles. The highest BCUT2D eigenvalue weighted by Gasteiger charge is 2.04. The molecule has 20 heavy (non-hydrogen) atoms. The standard InChI is InChI=1S/C15H14ClN3S/c1-2-11-8-19-15(20-11)9-18-13-5-6-17-14-7-10(16)3-4-12(13)14/h3-8H,2,9H2,1H3,(H,17,18). The van der Waals surface area contributed by atoms with Gasteiger partial charge < -0.3 is 5.32 Å². The number of hydrogen-bond acceptors (Lipinski definition) is 4. The Balaban J connectivity index is 1.83. The lowest BCUT2D eigenvalue weighted by molar-refractivity contribution is 1.10. The summed E-state index contributed by atoms with van der Waals surface area (Å²) in [5.41, 5.74) is 1.95. The monoisotopic (exact) mass is 303 g/mol. The number of nitrogens with zero attached hydrogens (tertiary/aromatic N) is 2. The second kappa shape index (κ2) is 5.77. The van der Waals surface area contributed by atoms with Crippen LogP contribution in [0.3, 0.4) is 0 Å². The molecule has 0 radical (unpaired) electrons. The molecule has 3 aromatic rings. The van der Waals surface area contributed by atoms with Crippen LogP contribution in [0.25, 0.3) is 10.9 Å². The van der Waals surface area contributed by atoms with Crippen LogP contribution in [0.5, 0.6) is 0 Å². The van der Waals surface area contributed by atoms with Crippen molar-refractivity contribution in [1.29, 1.82) is 0 Å². The first-order valence-electron chi connectivity index (χ1n) is 6.48. The van der Waals surface area contributed by atoms with Crippen LogP contribution in [-0.2, 0) is 13.0 Å². The van der Waals surface area contributed by atoms with Crippen molar-refractivity contribution in [3.63, 3.8) is 0 Å². The number of hydrogen-bond donors (Lipinski definition) is 1. The number of pyridine rings is 1. The maximum Gasteiger partial charge on any atom is 0.112 e. The first-order chi connectivity index (χ1) is 9.76. The summed E-state index contributed by atoms with van der Waals surface area (Å²) in [5, 5.41) is 6.30. The van der Waals surface area contributed by atoms with Crippen molar-refractivity contribution in [2.24, 2.45) is 0 Å². The van der Waals surface area contributed by atoms with E-state index in [1.165, 1.54) is 4.88 Å². The Morgan fingerprint density at radius 2 is 2.15 bits per heavy atom. The largest absolute Gasteiger partial charge is 0.378 e. The Bertz CT molecular complexity index is 739. The Hall–Kier alpha value is -1.65. The number of fused-ring (bicyclic) bond motifs is 1. The molecule has 1 N–H and O–H groups in total. The number of thiazole rings is 1. The quantitative estimate of drug-likeness (QED) is 0.770. The SMILES string of the molecule is CCc1cnc(CNc2ccnc3cc(Cl)ccc23)s1. The van der Waals surface area contributed by atoms with Gasteiger partial charge in [-0.05, 0) is 30.7 Å². The Morgan fingerprint density at radius 3 is 2.95 bits per heavy atom. The molecule has 0 atom stereocenters. The molecule has 0 aliphatic heterocycles. The number of aryl methyl sites for hydroxylation is 1. The molecule has 0 unspecified atom stereocenters. The van der Waals surface area contributed by atoms with Crippen molar-refractivity contribution >= 4 is 39.5 Å². The molecule has 0 fully saturated rings. The van der Waals surface area contributed by atoms with Crippen molar-refractivity contribution in [2.45, 2.75) is 19.9 Å². The molecule has 3 rings (SSSR count). The lowest BCUT2D eigenvalue weighted by atomic mass is 10.2. The van der Waals surface area contributed by atoms with E-state index in [1.54, 1.807) is 17.5 Å². The smallest absolute Gasteiger partial charge is 0.112 e. The average Bonchev–Trinajstić information content (AvgIpc) is 2.92. The third kappa shape index (κ3) is 2.76. The Kier molecular flexibility index (Phi) is 3.85. The van der Waals surface area contributed by atoms with Crippen LogP contribution in [0.2, 0.25) is 5.02 Å². The molecule has 2 heterocycles. The van der Waals surface area contributed by atoms with Gasteiger partial charge in [0.05, 0.1) is 12.1 Å².